The maximum Gasteiger partial charge on any atom is 0.275 e. The van der Waals surface area contributed by atoms with E-state index in [1.807, 2.05) is 12.1 Å². The van der Waals surface area contributed by atoms with Gasteiger partial charge in [-0.15, -0.1) is 0 Å². The van der Waals surface area contributed by atoms with Crippen LogP contribution in [0.3, 0.4) is 0 Å². The first-order valence-corrected chi connectivity index (χ1v) is 9.10. The highest BCUT2D eigenvalue weighted by Crippen LogP contribution is 2.15. The van der Waals surface area contributed by atoms with Crippen molar-refractivity contribution in [3.8, 4) is 5.75 Å². The van der Waals surface area contributed by atoms with E-state index in [1.54, 1.807) is 12.1 Å². The number of nitrogens with two attached hydrogens (primary N) is 1. The third-order valence-electron chi connectivity index (χ3n) is 4.29. The van der Waals surface area contributed by atoms with Gasteiger partial charge < -0.3 is 15.4 Å². The van der Waals surface area contributed by atoms with Gasteiger partial charge in [0.15, 0.2) is 6.54 Å². The summed E-state index contributed by atoms with van der Waals surface area (Å²) in [6, 6.07) is 7.85. The van der Waals surface area contributed by atoms with Gasteiger partial charge >= 0.3 is 0 Å². The third-order valence-corrected chi connectivity index (χ3v) is 4.54. The van der Waals surface area contributed by atoms with Crippen LogP contribution in [0.25, 0.3) is 0 Å². The number of nitrogens with one attached hydrogen (secondary N) is 1. The van der Waals surface area contributed by atoms with Crippen molar-refractivity contribution < 1.29 is 14.8 Å². The molecule has 1 aliphatic rings. The molecule has 0 bridgehead atoms. The summed E-state index contributed by atoms with van der Waals surface area (Å²) in [6.07, 6.45) is 9.16. The number of hydrogen-bond donors (Lipinski definition) is 2. The van der Waals surface area contributed by atoms with Gasteiger partial charge in [-0.2, -0.15) is 0 Å². The van der Waals surface area contributed by atoms with E-state index in [9.17, 15) is 4.79 Å². The highest BCUT2D eigenvalue weighted by Gasteiger charge is 2.15. The Kier molecular flexibility index (Phi) is 8.26. The summed E-state index contributed by atoms with van der Waals surface area (Å²) in [4.78, 5) is 11.9. The van der Waals surface area contributed by atoms with Gasteiger partial charge in [0, 0.05) is 5.02 Å². The Morgan fingerprint density at radius 2 is 1.78 bits per heavy atom. The quantitative estimate of drug-likeness (QED) is 0.750. The number of quaternary nitrogens is 1. The predicted molar refractivity (Wildman–Crippen MR) is 92.9 cm³/mol. The normalized spacial score (nSPS) is 16.4. The van der Waals surface area contributed by atoms with Gasteiger partial charge in [-0.05, 0) is 49.9 Å². The molecule has 3 N–H and O–H groups in total. The number of amides is 1. The highest BCUT2D eigenvalue weighted by atomic mass is 35.5. The molecule has 1 aliphatic carbocycles. The number of carbonyl (C=O) groups excluding carboxylic acids is 1. The van der Waals surface area contributed by atoms with Crippen LogP contribution < -0.4 is 15.4 Å². The summed E-state index contributed by atoms with van der Waals surface area (Å²) in [5.74, 6) is 0.858. The Morgan fingerprint density at radius 1 is 1.13 bits per heavy atom. The van der Waals surface area contributed by atoms with Crippen molar-refractivity contribution in [1.82, 2.24) is 5.32 Å². The van der Waals surface area contributed by atoms with E-state index in [0.29, 0.717) is 30.8 Å². The van der Waals surface area contributed by atoms with E-state index >= 15 is 0 Å². The maximum absolute atomic E-state index is 11.9. The summed E-state index contributed by atoms with van der Waals surface area (Å²) in [7, 11) is 0. The molecule has 1 fully saturated rings. The van der Waals surface area contributed by atoms with E-state index in [0.717, 1.165) is 5.75 Å². The van der Waals surface area contributed by atoms with Crippen LogP contribution in [0.4, 0.5) is 0 Å². The van der Waals surface area contributed by atoms with Gasteiger partial charge in [0.2, 0.25) is 0 Å². The number of carbonyl (C=O) groups is 1. The van der Waals surface area contributed by atoms with Crippen LogP contribution in [0.15, 0.2) is 24.3 Å². The van der Waals surface area contributed by atoms with Gasteiger partial charge in [0.05, 0.1) is 12.6 Å². The van der Waals surface area contributed by atoms with Gasteiger partial charge in [-0.3, -0.25) is 4.79 Å². The molecule has 0 saturated heterocycles. The molecule has 128 valence electrons. The molecule has 0 aromatic heterocycles. The molecule has 0 heterocycles. The van der Waals surface area contributed by atoms with E-state index in [-0.39, 0.29) is 5.91 Å². The summed E-state index contributed by atoms with van der Waals surface area (Å²) >= 11 is 5.82. The zero-order valence-corrected chi connectivity index (χ0v) is 14.5. The Hall–Kier alpha value is -1.26. The molecule has 1 saturated carbocycles. The molecule has 0 radical (unpaired) electrons. The van der Waals surface area contributed by atoms with Gasteiger partial charge in [0.1, 0.15) is 12.4 Å². The third kappa shape index (κ3) is 7.71. The summed E-state index contributed by atoms with van der Waals surface area (Å²) in [5, 5.41) is 5.81. The second-order valence-corrected chi connectivity index (χ2v) is 6.63. The van der Waals surface area contributed by atoms with Crippen LogP contribution in [-0.2, 0) is 4.79 Å². The molecule has 5 heteroatoms. The minimum absolute atomic E-state index is 0.0896. The minimum Gasteiger partial charge on any atom is -0.492 e. The van der Waals surface area contributed by atoms with Crippen molar-refractivity contribution in [1.29, 1.82) is 0 Å². The van der Waals surface area contributed by atoms with Gasteiger partial charge in [0.25, 0.3) is 5.91 Å². The maximum atomic E-state index is 11.9. The van der Waals surface area contributed by atoms with Crippen LogP contribution in [0.5, 0.6) is 5.75 Å². The molecule has 23 heavy (non-hydrogen) atoms. The largest absolute Gasteiger partial charge is 0.492 e. The molecular formula is C18H28ClN2O2+. The van der Waals surface area contributed by atoms with Crippen LogP contribution in [0.2, 0.25) is 5.02 Å². The van der Waals surface area contributed by atoms with Crippen molar-refractivity contribution >= 4 is 17.5 Å². The average molecular weight is 340 g/mol. The first-order valence-electron chi connectivity index (χ1n) is 8.72. The lowest BCUT2D eigenvalue weighted by Crippen LogP contribution is -2.92. The number of hydrogen-bond acceptors (Lipinski definition) is 2. The average Bonchev–Trinajstić information content (AvgIpc) is 2.52. The first-order chi connectivity index (χ1) is 11.2. The highest BCUT2D eigenvalue weighted by molar-refractivity contribution is 6.30. The Morgan fingerprint density at radius 3 is 2.48 bits per heavy atom. The smallest absolute Gasteiger partial charge is 0.275 e. The summed E-state index contributed by atoms with van der Waals surface area (Å²) in [5.41, 5.74) is 0. The van der Waals surface area contributed by atoms with Crippen molar-refractivity contribution in [3.63, 3.8) is 0 Å². The number of benzene rings is 1. The van der Waals surface area contributed by atoms with Crippen molar-refractivity contribution in [2.45, 2.75) is 51.0 Å². The molecule has 0 atom stereocenters. The van der Waals surface area contributed by atoms with Crippen molar-refractivity contribution in [2.75, 3.05) is 19.7 Å². The van der Waals surface area contributed by atoms with E-state index < -0.39 is 0 Å². The van der Waals surface area contributed by atoms with E-state index in [4.69, 9.17) is 16.3 Å². The standard InChI is InChI=1S/C18H27ClN2O2/c19-15-8-10-17(11-9-15)23-13-12-20-18(22)14-21-16-6-4-2-1-3-5-7-16/h8-11,16,21H,1-7,12-14H2,(H,20,22)/p+1. The molecule has 1 aromatic rings. The summed E-state index contributed by atoms with van der Waals surface area (Å²) < 4.78 is 5.55. The van der Waals surface area contributed by atoms with E-state index in [2.05, 4.69) is 10.6 Å². The zero-order chi connectivity index (χ0) is 16.3. The summed E-state index contributed by atoms with van der Waals surface area (Å²) in [6.45, 7) is 1.52. The second-order valence-electron chi connectivity index (χ2n) is 6.20. The first kappa shape index (κ1) is 18.1. The molecule has 1 amide bonds. The van der Waals surface area contributed by atoms with Gasteiger partial charge in [-0.1, -0.05) is 30.9 Å². The van der Waals surface area contributed by atoms with E-state index in [1.165, 1.54) is 44.9 Å². The fourth-order valence-corrected chi connectivity index (χ4v) is 3.09. The number of ether oxygens (including phenoxy) is 1. The predicted octanol–water partition coefficient (Wildman–Crippen LogP) is 2.51. The number of rotatable bonds is 7. The lowest BCUT2D eigenvalue weighted by molar-refractivity contribution is -0.680. The molecular weight excluding hydrogens is 312 g/mol. The van der Waals surface area contributed by atoms with Crippen molar-refractivity contribution in [3.05, 3.63) is 29.3 Å². The van der Waals surface area contributed by atoms with Crippen LogP contribution in [-0.4, -0.2) is 31.6 Å². The van der Waals surface area contributed by atoms with Crippen LogP contribution >= 0.6 is 11.6 Å². The molecule has 1 aromatic carbocycles. The molecule has 0 spiro atoms. The molecule has 2 rings (SSSR count). The molecule has 0 aliphatic heterocycles. The lowest BCUT2D eigenvalue weighted by atomic mass is 9.97. The van der Waals surface area contributed by atoms with Gasteiger partial charge in [-0.25, -0.2) is 0 Å². The Balaban J connectivity index is 1.55. The fraction of sp³-hybridized carbons (Fsp3) is 0.611. The lowest BCUT2D eigenvalue weighted by Gasteiger charge is -2.18. The van der Waals surface area contributed by atoms with Crippen LogP contribution in [0.1, 0.15) is 44.9 Å². The fourth-order valence-electron chi connectivity index (χ4n) is 2.96. The Bertz CT molecular complexity index is 457. The molecule has 4 nitrogen and oxygen atoms in total. The minimum atomic E-state index is 0.0896. The number of halogens is 1. The zero-order valence-electron chi connectivity index (χ0n) is 13.7. The molecule has 0 unspecified atom stereocenters. The second kappa shape index (κ2) is 10.5. The van der Waals surface area contributed by atoms with Crippen molar-refractivity contribution in [2.24, 2.45) is 0 Å². The topological polar surface area (TPSA) is 54.9 Å². The monoisotopic (exact) mass is 339 g/mol. The van der Waals surface area contributed by atoms with Crippen LogP contribution in [0, 0.1) is 0 Å². The Labute approximate surface area is 143 Å². The SMILES string of the molecule is O=C(C[NH2+]C1CCCCCCC1)NCCOc1ccc(Cl)cc1.